The van der Waals surface area contributed by atoms with Gasteiger partial charge in [-0.15, -0.1) is 0 Å². The molecule has 0 spiro atoms. The van der Waals surface area contributed by atoms with Crippen molar-refractivity contribution >= 4 is 21.6 Å². The number of amides is 1. The first-order valence-electron chi connectivity index (χ1n) is 6.44. The van der Waals surface area contributed by atoms with Crippen molar-refractivity contribution in [2.24, 2.45) is 0 Å². The zero-order chi connectivity index (χ0) is 16.4. The maximum Gasteiger partial charge on any atom is 0.245 e. The lowest BCUT2D eigenvalue weighted by molar-refractivity contribution is -0.129. The van der Waals surface area contributed by atoms with Crippen molar-refractivity contribution in [2.75, 3.05) is 31.8 Å². The van der Waals surface area contributed by atoms with E-state index in [1.165, 1.54) is 12.0 Å². The Morgan fingerprint density at radius 2 is 1.86 bits per heavy atom. The van der Waals surface area contributed by atoms with Gasteiger partial charge < -0.3 is 9.64 Å². The third kappa shape index (κ3) is 3.87. The van der Waals surface area contributed by atoms with Gasteiger partial charge in [0.05, 0.1) is 19.1 Å². The first-order valence-corrected chi connectivity index (χ1v) is 8.29. The molecule has 0 N–H and O–H groups in total. The van der Waals surface area contributed by atoms with Gasteiger partial charge in [-0.1, -0.05) is 6.07 Å². The fourth-order valence-corrected chi connectivity index (χ4v) is 3.29. The van der Waals surface area contributed by atoms with E-state index in [0.29, 0.717) is 11.4 Å². The molecule has 0 fully saturated rings. The Hall–Kier alpha value is -1.76. The van der Waals surface area contributed by atoms with Gasteiger partial charge in [-0.05, 0) is 31.5 Å². The van der Waals surface area contributed by atoms with Crippen LogP contribution in [-0.2, 0) is 14.8 Å². The number of benzene rings is 1. The molecule has 1 atom stereocenters. The van der Waals surface area contributed by atoms with Crippen molar-refractivity contribution in [2.45, 2.75) is 19.9 Å². The first kappa shape index (κ1) is 17.3. The Kier molecular flexibility index (Phi) is 5.22. The summed E-state index contributed by atoms with van der Waals surface area (Å²) in [5.41, 5.74) is 1.24. The predicted molar refractivity (Wildman–Crippen MR) is 83.2 cm³/mol. The zero-order valence-electron chi connectivity index (χ0n) is 13.2. The smallest absolute Gasteiger partial charge is 0.245 e. The minimum atomic E-state index is -3.64. The number of hydrogen-bond donors (Lipinski definition) is 0. The van der Waals surface area contributed by atoms with Gasteiger partial charge in [-0.2, -0.15) is 0 Å². The predicted octanol–water partition coefficient (Wildman–Crippen LogP) is 1.25. The molecule has 118 valence electrons. The van der Waals surface area contributed by atoms with Crippen LogP contribution >= 0.6 is 0 Å². The summed E-state index contributed by atoms with van der Waals surface area (Å²) in [6, 6.07) is 4.35. The number of carbonyl (C=O) groups is 1. The molecule has 0 aromatic heterocycles. The molecule has 1 aromatic rings. The summed E-state index contributed by atoms with van der Waals surface area (Å²) in [7, 11) is 1.01. The molecular formula is C14H22N2O4S. The summed E-state index contributed by atoms with van der Waals surface area (Å²) < 4.78 is 30.7. The van der Waals surface area contributed by atoms with Crippen LogP contribution in [0.25, 0.3) is 0 Å². The van der Waals surface area contributed by atoms with Gasteiger partial charge >= 0.3 is 0 Å². The van der Waals surface area contributed by atoms with Crippen LogP contribution in [0.15, 0.2) is 18.2 Å². The molecule has 0 unspecified atom stereocenters. The second-order valence-electron chi connectivity index (χ2n) is 5.14. The molecule has 0 saturated carbocycles. The van der Waals surface area contributed by atoms with E-state index in [2.05, 4.69) is 0 Å². The van der Waals surface area contributed by atoms with Crippen molar-refractivity contribution in [3.05, 3.63) is 23.8 Å². The van der Waals surface area contributed by atoms with E-state index in [1.54, 1.807) is 33.2 Å². The Morgan fingerprint density at radius 1 is 1.29 bits per heavy atom. The van der Waals surface area contributed by atoms with E-state index in [9.17, 15) is 13.2 Å². The topological polar surface area (TPSA) is 66.9 Å². The standard InChI is InChI=1S/C14H22N2O4S/c1-10-7-8-13(20-5)12(9-10)16(21(6,18)19)11(2)14(17)15(3)4/h7-9,11H,1-6H3/t11-/m1/s1. The Bertz CT molecular complexity index is 626. The number of rotatable bonds is 5. The van der Waals surface area contributed by atoms with Crippen LogP contribution < -0.4 is 9.04 Å². The molecule has 0 radical (unpaired) electrons. The minimum Gasteiger partial charge on any atom is -0.495 e. The van der Waals surface area contributed by atoms with Crippen LogP contribution in [-0.4, -0.2) is 52.7 Å². The number of aryl methyl sites for hydroxylation is 1. The molecule has 21 heavy (non-hydrogen) atoms. The van der Waals surface area contributed by atoms with Crippen molar-refractivity contribution in [3.8, 4) is 5.75 Å². The molecule has 0 aliphatic carbocycles. The molecule has 1 aromatic carbocycles. The van der Waals surface area contributed by atoms with Gasteiger partial charge in [0.15, 0.2) is 0 Å². The fraction of sp³-hybridized carbons (Fsp3) is 0.500. The minimum absolute atomic E-state index is 0.302. The lowest BCUT2D eigenvalue weighted by atomic mass is 10.2. The summed E-state index contributed by atoms with van der Waals surface area (Å²) in [6.07, 6.45) is 1.08. The Balaban J connectivity index is 3.47. The fourth-order valence-electron chi connectivity index (χ4n) is 2.12. The Morgan fingerprint density at radius 3 is 2.29 bits per heavy atom. The number of sulfonamides is 1. The van der Waals surface area contributed by atoms with Crippen molar-refractivity contribution in [1.82, 2.24) is 4.90 Å². The average Bonchev–Trinajstić information content (AvgIpc) is 2.36. The van der Waals surface area contributed by atoms with Crippen molar-refractivity contribution < 1.29 is 17.9 Å². The average molecular weight is 314 g/mol. The molecule has 1 amide bonds. The second kappa shape index (κ2) is 6.34. The van der Waals surface area contributed by atoms with Crippen LogP contribution in [0, 0.1) is 6.92 Å². The molecule has 1 rings (SSSR count). The molecule has 7 heteroatoms. The number of anilines is 1. The summed E-state index contributed by atoms with van der Waals surface area (Å²) in [6.45, 7) is 3.41. The van der Waals surface area contributed by atoms with E-state index >= 15 is 0 Å². The third-order valence-corrected chi connectivity index (χ3v) is 4.31. The van der Waals surface area contributed by atoms with E-state index in [1.807, 2.05) is 13.0 Å². The highest BCUT2D eigenvalue weighted by molar-refractivity contribution is 7.92. The van der Waals surface area contributed by atoms with Crippen LogP contribution in [0.4, 0.5) is 5.69 Å². The van der Waals surface area contributed by atoms with E-state index in [4.69, 9.17) is 4.74 Å². The maximum absolute atomic E-state index is 12.2. The Labute approximate surface area is 126 Å². The molecule has 0 aliphatic heterocycles. The number of nitrogens with zero attached hydrogens (tertiary/aromatic N) is 2. The van der Waals surface area contributed by atoms with Crippen LogP contribution in [0.1, 0.15) is 12.5 Å². The van der Waals surface area contributed by atoms with Crippen molar-refractivity contribution in [3.63, 3.8) is 0 Å². The van der Waals surface area contributed by atoms with Crippen LogP contribution in [0.5, 0.6) is 5.75 Å². The summed E-state index contributed by atoms with van der Waals surface area (Å²) in [5, 5.41) is 0. The molecule has 0 bridgehead atoms. The maximum atomic E-state index is 12.2. The highest BCUT2D eigenvalue weighted by Crippen LogP contribution is 2.32. The summed E-state index contributed by atoms with van der Waals surface area (Å²) >= 11 is 0. The number of carbonyl (C=O) groups excluding carboxylic acids is 1. The monoisotopic (exact) mass is 314 g/mol. The summed E-state index contributed by atoms with van der Waals surface area (Å²) in [4.78, 5) is 13.5. The number of hydrogen-bond acceptors (Lipinski definition) is 4. The molecule has 0 saturated heterocycles. The highest BCUT2D eigenvalue weighted by Gasteiger charge is 2.32. The zero-order valence-corrected chi connectivity index (χ0v) is 14.1. The van der Waals surface area contributed by atoms with Gasteiger partial charge in [-0.25, -0.2) is 8.42 Å². The van der Waals surface area contributed by atoms with Crippen LogP contribution in [0.3, 0.4) is 0 Å². The third-order valence-electron chi connectivity index (χ3n) is 3.08. The number of methoxy groups -OCH3 is 1. The molecule has 6 nitrogen and oxygen atoms in total. The SMILES string of the molecule is COc1ccc(C)cc1N([C@H](C)C(=O)N(C)C)S(C)(=O)=O. The first-order chi connectivity index (χ1) is 9.59. The molecule has 0 aliphatic rings. The summed E-state index contributed by atoms with van der Waals surface area (Å²) in [5.74, 6) is 0.105. The quantitative estimate of drug-likeness (QED) is 0.820. The van der Waals surface area contributed by atoms with Crippen molar-refractivity contribution in [1.29, 1.82) is 0 Å². The van der Waals surface area contributed by atoms with Gasteiger partial charge in [0.25, 0.3) is 0 Å². The largest absolute Gasteiger partial charge is 0.495 e. The van der Waals surface area contributed by atoms with Gasteiger partial charge in [0.1, 0.15) is 11.8 Å². The van der Waals surface area contributed by atoms with Gasteiger partial charge in [-0.3, -0.25) is 9.10 Å². The lowest BCUT2D eigenvalue weighted by Gasteiger charge is -2.31. The lowest BCUT2D eigenvalue weighted by Crippen LogP contribution is -2.47. The van der Waals surface area contributed by atoms with Crippen LogP contribution in [0.2, 0.25) is 0 Å². The van der Waals surface area contributed by atoms with Gasteiger partial charge in [0.2, 0.25) is 15.9 Å². The van der Waals surface area contributed by atoms with E-state index in [0.717, 1.165) is 16.1 Å². The van der Waals surface area contributed by atoms with Gasteiger partial charge in [0, 0.05) is 14.1 Å². The second-order valence-corrected chi connectivity index (χ2v) is 7.00. The normalized spacial score (nSPS) is 12.7. The molecular weight excluding hydrogens is 292 g/mol. The molecule has 0 heterocycles. The number of ether oxygens (including phenoxy) is 1. The van der Waals surface area contributed by atoms with E-state index < -0.39 is 16.1 Å². The van der Waals surface area contributed by atoms with E-state index in [-0.39, 0.29) is 5.91 Å². The number of likely N-dealkylation sites (N-methyl/N-ethyl adjacent to an activating group) is 1. The highest BCUT2D eigenvalue weighted by atomic mass is 32.2.